The summed E-state index contributed by atoms with van der Waals surface area (Å²) in [5.74, 6) is -5.36. The lowest BCUT2D eigenvalue weighted by molar-refractivity contribution is -0.150. The predicted octanol–water partition coefficient (Wildman–Crippen LogP) is -3.98. The van der Waals surface area contributed by atoms with Crippen LogP contribution in [0, 0.1) is 0 Å². The summed E-state index contributed by atoms with van der Waals surface area (Å²) in [6.07, 6.45) is -0.0854. The van der Waals surface area contributed by atoms with Crippen LogP contribution < -0.4 is 21.1 Å². The van der Waals surface area contributed by atoms with Gasteiger partial charge >= 0.3 is 11.9 Å². The Hall–Kier alpha value is -2.25. The summed E-state index contributed by atoms with van der Waals surface area (Å²) < 4.78 is 24.6. The van der Waals surface area contributed by atoms with Crippen molar-refractivity contribution in [3.8, 4) is 0 Å². The summed E-state index contributed by atoms with van der Waals surface area (Å²) >= 11 is 0. The minimum absolute atomic E-state index is 0.0664. The number of nitrogens with one attached hydrogen (secondary N) is 3. The van der Waals surface area contributed by atoms with E-state index >= 15 is 0 Å². The van der Waals surface area contributed by atoms with Crippen LogP contribution in [0.5, 0.6) is 0 Å². The van der Waals surface area contributed by atoms with Gasteiger partial charge in [0, 0.05) is 6.54 Å². The number of carboxylic acid groups (broad SMARTS) is 2. The van der Waals surface area contributed by atoms with E-state index < -0.39 is 45.6 Å². The molecule has 7 N–H and O–H groups in total. The lowest BCUT2D eigenvalue weighted by Crippen LogP contribution is -2.47. The Morgan fingerprint density at radius 1 is 1.00 bits per heavy atom. The van der Waals surface area contributed by atoms with Crippen molar-refractivity contribution in [3.63, 3.8) is 0 Å². The number of nitrogens with two attached hydrogens (primary N) is 1. The Morgan fingerprint density at radius 3 is 2.04 bits per heavy atom. The van der Waals surface area contributed by atoms with Crippen LogP contribution in [0.1, 0.15) is 6.42 Å². The van der Waals surface area contributed by atoms with Crippen molar-refractivity contribution in [3.05, 3.63) is 0 Å². The van der Waals surface area contributed by atoms with Crippen molar-refractivity contribution in [2.24, 2.45) is 5.73 Å². The lowest BCUT2D eigenvalue weighted by Gasteiger charge is -2.11. The van der Waals surface area contributed by atoms with Crippen LogP contribution in [0.3, 0.4) is 0 Å². The van der Waals surface area contributed by atoms with Gasteiger partial charge in [0.25, 0.3) is 0 Å². The van der Waals surface area contributed by atoms with Gasteiger partial charge in [0.2, 0.25) is 27.9 Å². The topological polar surface area (TPSA) is 205 Å². The smallest absolute Gasteiger partial charge is 0.333 e. The van der Waals surface area contributed by atoms with Crippen molar-refractivity contribution in [2.75, 3.05) is 25.4 Å². The fourth-order valence-corrected chi connectivity index (χ4v) is 2.45. The minimum Gasteiger partial charge on any atom is -0.480 e. The Labute approximate surface area is 131 Å². The lowest BCUT2D eigenvalue weighted by atomic mass is 10.3. The van der Waals surface area contributed by atoms with Gasteiger partial charge in [-0.3, -0.25) is 9.59 Å². The van der Waals surface area contributed by atoms with Gasteiger partial charge in [-0.2, -0.15) is 4.72 Å². The van der Waals surface area contributed by atoms with E-state index in [1.807, 2.05) is 0 Å². The zero-order valence-electron chi connectivity index (χ0n) is 11.9. The van der Waals surface area contributed by atoms with E-state index in [1.165, 1.54) is 4.72 Å². The van der Waals surface area contributed by atoms with Crippen LogP contribution >= 0.6 is 0 Å². The number of aliphatic carboxylic acids is 2. The predicted molar refractivity (Wildman–Crippen MR) is 75.7 cm³/mol. The fraction of sp³-hybridized carbons (Fsp3) is 0.600. The highest BCUT2D eigenvalue weighted by Gasteiger charge is 2.30. The van der Waals surface area contributed by atoms with Gasteiger partial charge in [-0.05, 0) is 6.42 Å². The molecule has 0 atom stereocenters. The molecule has 132 valence electrons. The normalized spacial score (nSPS) is 11.0. The third kappa shape index (κ3) is 9.38. The maximum absolute atomic E-state index is 11.5. The second-order valence-corrected chi connectivity index (χ2v) is 6.10. The molecule has 0 unspecified atom stereocenters. The van der Waals surface area contributed by atoms with Gasteiger partial charge in [0.1, 0.15) is 0 Å². The van der Waals surface area contributed by atoms with Crippen LogP contribution in [-0.4, -0.2) is 73.8 Å². The highest BCUT2D eigenvalue weighted by Crippen LogP contribution is 1.94. The molecule has 0 aromatic heterocycles. The van der Waals surface area contributed by atoms with Crippen LogP contribution in [-0.2, 0) is 29.2 Å². The SMILES string of the molecule is NCC(=O)NCC(=O)NCCCS(=O)(=O)NC(C(=O)O)C(=O)O. The highest BCUT2D eigenvalue weighted by atomic mass is 32.2. The third-order valence-electron chi connectivity index (χ3n) is 2.33. The number of hydrogen-bond donors (Lipinski definition) is 6. The van der Waals surface area contributed by atoms with Crippen LogP contribution in [0.25, 0.3) is 0 Å². The van der Waals surface area contributed by atoms with E-state index in [9.17, 15) is 27.6 Å². The first kappa shape index (κ1) is 20.8. The molecule has 0 saturated heterocycles. The Kier molecular flexibility index (Phi) is 8.75. The van der Waals surface area contributed by atoms with E-state index in [4.69, 9.17) is 15.9 Å². The van der Waals surface area contributed by atoms with Gasteiger partial charge in [0.05, 0.1) is 18.8 Å². The summed E-state index contributed by atoms with van der Waals surface area (Å²) in [5, 5.41) is 21.7. The van der Waals surface area contributed by atoms with Crippen molar-refractivity contribution in [1.29, 1.82) is 0 Å². The number of carbonyl (C=O) groups is 4. The molecule has 0 aliphatic carbocycles. The first-order chi connectivity index (χ1) is 10.6. The second kappa shape index (κ2) is 9.70. The average Bonchev–Trinajstić information content (AvgIpc) is 2.46. The highest BCUT2D eigenvalue weighted by molar-refractivity contribution is 7.89. The monoisotopic (exact) mass is 354 g/mol. The number of amides is 2. The zero-order chi connectivity index (χ0) is 18.0. The van der Waals surface area contributed by atoms with E-state index in [2.05, 4.69) is 10.6 Å². The zero-order valence-corrected chi connectivity index (χ0v) is 12.8. The molecule has 0 aromatic carbocycles. The Balaban J connectivity index is 4.16. The summed E-state index contributed by atoms with van der Waals surface area (Å²) in [6, 6.07) is -2.28. The summed E-state index contributed by atoms with van der Waals surface area (Å²) in [4.78, 5) is 43.2. The molecule has 0 saturated carbocycles. The molecule has 0 aliphatic rings. The minimum atomic E-state index is -4.15. The first-order valence-corrected chi connectivity index (χ1v) is 7.93. The Bertz CT molecular complexity index is 547. The molecule has 12 nitrogen and oxygen atoms in total. The van der Waals surface area contributed by atoms with E-state index in [1.54, 1.807) is 0 Å². The van der Waals surface area contributed by atoms with E-state index in [-0.39, 0.29) is 26.1 Å². The average molecular weight is 354 g/mol. The van der Waals surface area contributed by atoms with Crippen LogP contribution in [0.15, 0.2) is 0 Å². The molecule has 23 heavy (non-hydrogen) atoms. The molecule has 2 amide bonds. The third-order valence-corrected chi connectivity index (χ3v) is 3.76. The van der Waals surface area contributed by atoms with Gasteiger partial charge in [-0.25, -0.2) is 18.0 Å². The van der Waals surface area contributed by atoms with Crippen molar-refractivity contribution in [1.82, 2.24) is 15.4 Å². The number of sulfonamides is 1. The molecule has 0 radical (unpaired) electrons. The molecular weight excluding hydrogens is 336 g/mol. The summed E-state index contributed by atoms with van der Waals surface area (Å²) in [6.45, 7) is -0.657. The molecule has 0 heterocycles. The van der Waals surface area contributed by atoms with Gasteiger partial charge < -0.3 is 26.6 Å². The van der Waals surface area contributed by atoms with E-state index in [0.29, 0.717) is 0 Å². The maximum atomic E-state index is 11.5. The molecular formula is C10H18N4O8S. The molecule has 0 rings (SSSR count). The van der Waals surface area contributed by atoms with Gasteiger partial charge in [0.15, 0.2) is 0 Å². The molecule has 0 fully saturated rings. The standard InChI is InChI=1S/C10H18N4O8S/c11-4-6(15)13-5-7(16)12-2-1-3-23(21,22)14-8(9(17)18)10(19)20/h8,14H,1-5,11H2,(H,12,16)(H,13,15)(H,17,18)(H,19,20). The van der Waals surface area contributed by atoms with Crippen LogP contribution in [0.4, 0.5) is 0 Å². The fourth-order valence-electron chi connectivity index (χ4n) is 1.25. The number of rotatable bonds is 11. The quantitative estimate of drug-likeness (QED) is 0.158. The number of carboxylic acids is 2. The van der Waals surface area contributed by atoms with Crippen molar-refractivity contribution >= 4 is 33.8 Å². The number of carbonyl (C=O) groups excluding carboxylic acids is 2. The van der Waals surface area contributed by atoms with Crippen LogP contribution in [0.2, 0.25) is 0 Å². The largest absolute Gasteiger partial charge is 0.480 e. The number of hydrogen-bond acceptors (Lipinski definition) is 7. The molecule has 13 heteroatoms. The molecule has 0 aromatic rings. The second-order valence-electron chi connectivity index (χ2n) is 4.23. The Morgan fingerprint density at radius 2 is 1.57 bits per heavy atom. The summed E-state index contributed by atoms with van der Waals surface area (Å²) in [5.41, 5.74) is 5.01. The maximum Gasteiger partial charge on any atom is 0.333 e. The summed E-state index contributed by atoms with van der Waals surface area (Å²) in [7, 11) is -4.15. The first-order valence-electron chi connectivity index (χ1n) is 6.28. The molecule has 0 spiro atoms. The van der Waals surface area contributed by atoms with Crippen molar-refractivity contribution < 1.29 is 37.8 Å². The van der Waals surface area contributed by atoms with E-state index in [0.717, 1.165) is 0 Å². The molecule has 0 aliphatic heterocycles. The van der Waals surface area contributed by atoms with Gasteiger partial charge in [-0.1, -0.05) is 0 Å². The van der Waals surface area contributed by atoms with Crippen molar-refractivity contribution in [2.45, 2.75) is 12.5 Å². The molecule has 0 bridgehead atoms. The van der Waals surface area contributed by atoms with Gasteiger partial charge in [-0.15, -0.1) is 0 Å².